The molecule has 0 aliphatic carbocycles. The highest BCUT2D eigenvalue weighted by Crippen LogP contribution is 2.28. The standard InChI is InChI=1S/C15H14F3N3OS/c1-9-3-4-11(10(2)7-9)20-13(22)8-23-14-19-6-5-12(21-14)15(16,17)18/h3-7H,8H2,1-2H3,(H,20,22). The van der Waals surface area contributed by atoms with Crippen LogP contribution in [0.4, 0.5) is 18.9 Å². The molecular weight excluding hydrogens is 327 g/mol. The molecule has 0 unspecified atom stereocenters. The second-order valence-electron chi connectivity index (χ2n) is 4.88. The fourth-order valence-electron chi connectivity index (χ4n) is 1.84. The minimum absolute atomic E-state index is 0.0748. The van der Waals surface area contributed by atoms with E-state index >= 15 is 0 Å². The average Bonchev–Trinajstić information content (AvgIpc) is 2.47. The van der Waals surface area contributed by atoms with Crippen molar-refractivity contribution in [3.8, 4) is 0 Å². The Bertz CT molecular complexity index is 719. The number of alkyl halides is 3. The van der Waals surface area contributed by atoms with E-state index in [4.69, 9.17) is 0 Å². The maximum Gasteiger partial charge on any atom is 0.433 e. The van der Waals surface area contributed by atoms with Gasteiger partial charge in [-0.2, -0.15) is 13.2 Å². The average molecular weight is 341 g/mol. The van der Waals surface area contributed by atoms with Crippen LogP contribution in [0.25, 0.3) is 0 Å². The number of anilines is 1. The summed E-state index contributed by atoms with van der Waals surface area (Å²) in [7, 11) is 0. The molecule has 0 bridgehead atoms. The lowest BCUT2D eigenvalue weighted by atomic mass is 10.1. The lowest BCUT2D eigenvalue weighted by molar-refractivity contribution is -0.141. The zero-order chi connectivity index (χ0) is 17.0. The van der Waals surface area contributed by atoms with Gasteiger partial charge < -0.3 is 5.32 Å². The lowest BCUT2D eigenvalue weighted by Crippen LogP contribution is -2.15. The van der Waals surface area contributed by atoms with Gasteiger partial charge in [0.1, 0.15) is 5.69 Å². The zero-order valence-corrected chi connectivity index (χ0v) is 13.3. The number of hydrogen-bond acceptors (Lipinski definition) is 4. The number of nitrogens with zero attached hydrogens (tertiary/aromatic N) is 2. The predicted molar refractivity (Wildman–Crippen MR) is 82.3 cm³/mol. The summed E-state index contributed by atoms with van der Waals surface area (Å²) in [6, 6.07) is 6.37. The number of rotatable bonds is 4. The van der Waals surface area contributed by atoms with Gasteiger partial charge in [-0.05, 0) is 31.5 Å². The number of thioether (sulfide) groups is 1. The van der Waals surface area contributed by atoms with Crippen molar-refractivity contribution in [3.05, 3.63) is 47.3 Å². The Morgan fingerprint density at radius 2 is 2.00 bits per heavy atom. The fraction of sp³-hybridized carbons (Fsp3) is 0.267. The molecule has 122 valence electrons. The van der Waals surface area contributed by atoms with E-state index in [9.17, 15) is 18.0 Å². The molecule has 0 aliphatic heterocycles. The summed E-state index contributed by atoms with van der Waals surface area (Å²) in [5.74, 6) is -0.405. The first kappa shape index (κ1) is 17.3. The van der Waals surface area contributed by atoms with E-state index in [1.54, 1.807) is 6.07 Å². The summed E-state index contributed by atoms with van der Waals surface area (Å²) >= 11 is 0.853. The first-order valence-corrected chi connectivity index (χ1v) is 7.64. The van der Waals surface area contributed by atoms with Crippen molar-refractivity contribution in [2.45, 2.75) is 25.2 Å². The van der Waals surface area contributed by atoms with Crippen LogP contribution in [-0.2, 0) is 11.0 Å². The third-order valence-corrected chi connectivity index (χ3v) is 3.77. The highest BCUT2D eigenvalue weighted by atomic mass is 32.2. The van der Waals surface area contributed by atoms with Crippen LogP contribution in [0.5, 0.6) is 0 Å². The van der Waals surface area contributed by atoms with Crippen LogP contribution in [0, 0.1) is 13.8 Å². The van der Waals surface area contributed by atoms with E-state index < -0.39 is 11.9 Å². The summed E-state index contributed by atoms with van der Waals surface area (Å²) in [5, 5.41) is 2.63. The van der Waals surface area contributed by atoms with E-state index in [0.717, 1.165) is 35.2 Å². The molecule has 0 saturated carbocycles. The van der Waals surface area contributed by atoms with Gasteiger partial charge in [0, 0.05) is 11.9 Å². The highest BCUT2D eigenvalue weighted by molar-refractivity contribution is 7.99. The van der Waals surface area contributed by atoms with Gasteiger partial charge in [-0.25, -0.2) is 9.97 Å². The molecule has 0 aliphatic rings. The number of amides is 1. The number of hydrogen-bond donors (Lipinski definition) is 1. The van der Waals surface area contributed by atoms with E-state index in [2.05, 4.69) is 15.3 Å². The second kappa shape index (κ2) is 6.99. The first-order chi connectivity index (χ1) is 10.8. The van der Waals surface area contributed by atoms with E-state index in [1.807, 2.05) is 26.0 Å². The maximum absolute atomic E-state index is 12.6. The minimum Gasteiger partial charge on any atom is -0.325 e. The third kappa shape index (κ3) is 4.95. The molecule has 2 aromatic rings. The van der Waals surface area contributed by atoms with Crippen molar-refractivity contribution in [2.24, 2.45) is 0 Å². The molecule has 0 spiro atoms. The largest absolute Gasteiger partial charge is 0.433 e. The Morgan fingerprint density at radius 3 is 2.65 bits per heavy atom. The summed E-state index contributed by atoms with van der Waals surface area (Å²) in [5.41, 5.74) is 1.64. The van der Waals surface area contributed by atoms with Gasteiger partial charge in [-0.3, -0.25) is 4.79 Å². The monoisotopic (exact) mass is 341 g/mol. The molecule has 1 aromatic heterocycles. The number of halogens is 3. The Morgan fingerprint density at radius 1 is 1.26 bits per heavy atom. The molecule has 8 heteroatoms. The number of benzene rings is 1. The summed E-state index contributed by atoms with van der Waals surface area (Å²) in [6.45, 7) is 3.81. The predicted octanol–water partition coefficient (Wildman–Crippen LogP) is 3.84. The van der Waals surface area contributed by atoms with Gasteiger partial charge >= 0.3 is 6.18 Å². The SMILES string of the molecule is Cc1ccc(NC(=O)CSc2nccc(C(F)(F)F)n2)c(C)c1. The zero-order valence-electron chi connectivity index (χ0n) is 12.4. The van der Waals surface area contributed by atoms with Gasteiger partial charge in [0.25, 0.3) is 0 Å². The Balaban J connectivity index is 1.97. The van der Waals surface area contributed by atoms with Crippen molar-refractivity contribution in [1.29, 1.82) is 0 Å². The van der Waals surface area contributed by atoms with Crippen molar-refractivity contribution in [1.82, 2.24) is 9.97 Å². The maximum atomic E-state index is 12.6. The molecule has 1 aromatic carbocycles. The number of nitrogens with one attached hydrogen (secondary N) is 1. The van der Waals surface area contributed by atoms with Gasteiger partial charge in [-0.1, -0.05) is 29.5 Å². The van der Waals surface area contributed by atoms with Gasteiger partial charge in [0.2, 0.25) is 5.91 Å². The number of aryl methyl sites for hydroxylation is 2. The lowest BCUT2D eigenvalue weighted by Gasteiger charge is -2.09. The highest BCUT2D eigenvalue weighted by Gasteiger charge is 2.32. The molecule has 1 N–H and O–H groups in total. The summed E-state index contributed by atoms with van der Waals surface area (Å²) < 4.78 is 37.7. The Labute approximate surface area is 135 Å². The van der Waals surface area contributed by atoms with Gasteiger partial charge in [-0.15, -0.1) is 0 Å². The molecule has 0 saturated heterocycles. The van der Waals surface area contributed by atoms with E-state index in [1.165, 1.54) is 0 Å². The van der Waals surface area contributed by atoms with Crippen molar-refractivity contribution >= 4 is 23.4 Å². The number of carbonyl (C=O) groups excluding carboxylic acids is 1. The van der Waals surface area contributed by atoms with Crippen LogP contribution < -0.4 is 5.32 Å². The third-order valence-electron chi connectivity index (χ3n) is 2.91. The smallest absolute Gasteiger partial charge is 0.325 e. The van der Waals surface area contributed by atoms with Crippen LogP contribution in [-0.4, -0.2) is 21.6 Å². The molecular formula is C15H14F3N3OS. The Hall–Kier alpha value is -2.09. The molecule has 1 heterocycles. The van der Waals surface area contributed by atoms with Crippen molar-refractivity contribution < 1.29 is 18.0 Å². The van der Waals surface area contributed by atoms with Crippen molar-refractivity contribution in [3.63, 3.8) is 0 Å². The Kier molecular flexibility index (Phi) is 5.25. The quantitative estimate of drug-likeness (QED) is 0.678. The summed E-state index contributed by atoms with van der Waals surface area (Å²) in [4.78, 5) is 19.0. The molecule has 4 nitrogen and oxygen atoms in total. The van der Waals surface area contributed by atoms with Gasteiger partial charge in [0.05, 0.1) is 5.75 Å². The summed E-state index contributed by atoms with van der Waals surface area (Å²) in [6.07, 6.45) is -3.50. The molecule has 1 amide bonds. The minimum atomic E-state index is -4.53. The first-order valence-electron chi connectivity index (χ1n) is 6.66. The number of carbonyl (C=O) groups is 1. The molecule has 2 rings (SSSR count). The van der Waals surface area contributed by atoms with Crippen LogP contribution in [0.1, 0.15) is 16.8 Å². The molecule has 0 radical (unpaired) electrons. The normalized spacial score (nSPS) is 11.3. The van der Waals surface area contributed by atoms with Crippen LogP contribution in [0.2, 0.25) is 0 Å². The topological polar surface area (TPSA) is 54.9 Å². The molecule has 23 heavy (non-hydrogen) atoms. The fourth-order valence-corrected chi connectivity index (χ4v) is 2.47. The van der Waals surface area contributed by atoms with Crippen LogP contribution in [0.15, 0.2) is 35.6 Å². The molecule has 0 atom stereocenters. The van der Waals surface area contributed by atoms with Crippen LogP contribution >= 0.6 is 11.8 Å². The second-order valence-corrected chi connectivity index (χ2v) is 5.82. The van der Waals surface area contributed by atoms with E-state index in [-0.39, 0.29) is 16.8 Å². The molecule has 0 fully saturated rings. The number of aromatic nitrogens is 2. The van der Waals surface area contributed by atoms with Crippen LogP contribution in [0.3, 0.4) is 0 Å². The van der Waals surface area contributed by atoms with E-state index in [0.29, 0.717) is 5.69 Å². The van der Waals surface area contributed by atoms with Crippen molar-refractivity contribution in [2.75, 3.05) is 11.1 Å². The van der Waals surface area contributed by atoms with Gasteiger partial charge in [0.15, 0.2) is 5.16 Å².